The van der Waals surface area contributed by atoms with Crippen LogP contribution in [0.1, 0.15) is 25.7 Å². The van der Waals surface area contributed by atoms with Crippen molar-refractivity contribution in [3.05, 3.63) is 0 Å². The molecule has 0 rings (SSSR count). The summed E-state index contributed by atoms with van der Waals surface area (Å²) in [6.45, 7) is 0.513. The van der Waals surface area contributed by atoms with Crippen LogP contribution in [0, 0.1) is 0 Å². The third-order valence-corrected chi connectivity index (χ3v) is 2.60. The smallest absolute Gasteiger partial charge is 0.326 e. The molecule has 0 radical (unpaired) electrons. The van der Waals surface area contributed by atoms with Crippen molar-refractivity contribution in [3.63, 3.8) is 0 Å². The van der Waals surface area contributed by atoms with Gasteiger partial charge < -0.3 is 21.9 Å². The summed E-state index contributed by atoms with van der Waals surface area (Å²) in [7, 11) is 0. The van der Waals surface area contributed by atoms with E-state index >= 15 is 0 Å². The molecule has 0 aromatic carbocycles. The summed E-state index contributed by atoms with van der Waals surface area (Å²) < 4.78 is 0. The fourth-order valence-electron chi connectivity index (χ4n) is 1.30. The molecule has 2 atom stereocenters. The number of carbonyl (C=O) groups is 2. The van der Waals surface area contributed by atoms with Gasteiger partial charge in [0.15, 0.2) is 0 Å². The van der Waals surface area contributed by atoms with Crippen molar-refractivity contribution in [1.29, 1.82) is 0 Å². The SMILES string of the molecule is NCCCC[C@H](NC(=O)[C@@H](N)CCS)C(=O)O. The van der Waals surface area contributed by atoms with E-state index in [4.69, 9.17) is 16.6 Å². The van der Waals surface area contributed by atoms with E-state index in [1.807, 2.05) is 0 Å². The number of thiol groups is 1. The van der Waals surface area contributed by atoms with Crippen LogP contribution in [-0.4, -0.2) is 41.4 Å². The standard InChI is InChI=1S/C10H21N3O3S/c11-5-2-1-3-8(10(15)16)13-9(14)7(12)4-6-17/h7-8,17H,1-6,11-12H2,(H,13,14)(H,15,16)/t7-,8-/m0/s1. The molecule has 17 heavy (non-hydrogen) atoms. The van der Waals surface area contributed by atoms with Crippen LogP contribution in [0.5, 0.6) is 0 Å². The van der Waals surface area contributed by atoms with Crippen molar-refractivity contribution in [2.75, 3.05) is 12.3 Å². The van der Waals surface area contributed by atoms with E-state index < -0.39 is 24.0 Å². The molecule has 0 aromatic heterocycles. The van der Waals surface area contributed by atoms with E-state index in [0.29, 0.717) is 31.6 Å². The number of hydrogen-bond donors (Lipinski definition) is 5. The summed E-state index contributed by atoms with van der Waals surface area (Å²) in [6.07, 6.45) is 2.19. The maximum absolute atomic E-state index is 11.5. The lowest BCUT2D eigenvalue weighted by Gasteiger charge is -2.17. The van der Waals surface area contributed by atoms with Crippen molar-refractivity contribution in [2.24, 2.45) is 11.5 Å². The molecule has 6 nitrogen and oxygen atoms in total. The minimum absolute atomic E-state index is 0.367. The van der Waals surface area contributed by atoms with Gasteiger partial charge in [-0.2, -0.15) is 12.6 Å². The Kier molecular flexibility index (Phi) is 8.83. The van der Waals surface area contributed by atoms with Crippen LogP contribution in [0.25, 0.3) is 0 Å². The van der Waals surface area contributed by atoms with Crippen LogP contribution in [-0.2, 0) is 9.59 Å². The molecule has 0 unspecified atom stereocenters. The second kappa shape index (κ2) is 9.26. The number of carboxylic acid groups (broad SMARTS) is 1. The zero-order valence-electron chi connectivity index (χ0n) is 9.76. The van der Waals surface area contributed by atoms with Gasteiger partial charge in [0, 0.05) is 0 Å². The third kappa shape index (κ3) is 7.19. The molecule has 0 aliphatic heterocycles. The molecular weight excluding hydrogens is 242 g/mol. The first kappa shape index (κ1) is 16.2. The second-order valence-electron chi connectivity index (χ2n) is 3.80. The zero-order valence-corrected chi connectivity index (χ0v) is 10.7. The van der Waals surface area contributed by atoms with Gasteiger partial charge in [-0.05, 0) is 38.0 Å². The van der Waals surface area contributed by atoms with Gasteiger partial charge in [0.1, 0.15) is 6.04 Å². The lowest BCUT2D eigenvalue weighted by atomic mass is 10.1. The molecule has 0 saturated heterocycles. The highest BCUT2D eigenvalue weighted by Gasteiger charge is 2.22. The predicted octanol–water partition coefficient (Wildman–Crippen LogP) is -0.668. The Morgan fingerprint density at radius 2 is 1.94 bits per heavy atom. The molecule has 0 fully saturated rings. The number of rotatable bonds is 9. The molecule has 0 spiro atoms. The van der Waals surface area contributed by atoms with Crippen LogP contribution in [0.3, 0.4) is 0 Å². The Morgan fingerprint density at radius 1 is 1.29 bits per heavy atom. The Balaban J connectivity index is 4.15. The molecule has 0 aromatic rings. The maximum Gasteiger partial charge on any atom is 0.326 e. The van der Waals surface area contributed by atoms with Gasteiger partial charge in [0.2, 0.25) is 5.91 Å². The van der Waals surface area contributed by atoms with Gasteiger partial charge in [-0.3, -0.25) is 4.79 Å². The summed E-state index contributed by atoms with van der Waals surface area (Å²) in [6, 6.07) is -1.59. The summed E-state index contributed by atoms with van der Waals surface area (Å²) >= 11 is 3.96. The number of carbonyl (C=O) groups excluding carboxylic acids is 1. The van der Waals surface area contributed by atoms with Crippen LogP contribution in [0.2, 0.25) is 0 Å². The van der Waals surface area contributed by atoms with E-state index in [9.17, 15) is 9.59 Å². The van der Waals surface area contributed by atoms with Crippen LogP contribution >= 0.6 is 12.6 Å². The van der Waals surface area contributed by atoms with Crippen molar-refractivity contribution in [2.45, 2.75) is 37.8 Å². The van der Waals surface area contributed by atoms with E-state index in [-0.39, 0.29) is 0 Å². The van der Waals surface area contributed by atoms with E-state index in [1.54, 1.807) is 0 Å². The van der Waals surface area contributed by atoms with Crippen LogP contribution in [0.15, 0.2) is 0 Å². The average molecular weight is 263 g/mol. The molecule has 0 bridgehead atoms. The number of nitrogens with two attached hydrogens (primary N) is 2. The van der Waals surface area contributed by atoms with Crippen molar-refractivity contribution in [1.82, 2.24) is 5.32 Å². The zero-order chi connectivity index (χ0) is 13.3. The topological polar surface area (TPSA) is 118 Å². The minimum Gasteiger partial charge on any atom is -0.480 e. The monoisotopic (exact) mass is 263 g/mol. The second-order valence-corrected chi connectivity index (χ2v) is 4.25. The maximum atomic E-state index is 11.5. The van der Waals surface area contributed by atoms with Gasteiger partial charge in [0.25, 0.3) is 0 Å². The Labute approximate surface area is 107 Å². The quantitative estimate of drug-likeness (QED) is 0.279. The molecule has 0 heterocycles. The molecule has 0 saturated carbocycles. The summed E-state index contributed by atoms with van der Waals surface area (Å²) in [5, 5.41) is 11.4. The number of nitrogens with one attached hydrogen (secondary N) is 1. The lowest BCUT2D eigenvalue weighted by molar-refractivity contribution is -0.142. The van der Waals surface area contributed by atoms with Gasteiger partial charge in [0.05, 0.1) is 6.04 Å². The fraction of sp³-hybridized carbons (Fsp3) is 0.800. The molecule has 6 N–H and O–H groups in total. The highest BCUT2D eigenvalue weighted by atomic mass is 32.1. The number of unbranched alkanes of at least 4 members (excludes halogenated alkanes) is 1. The number of hydrogen-bond acceptors (Lipinski definition) is 5. The predicted molar refractivity (Wildman–Crippen MR) is 68.9 cm³/mol. The fourth-order valence-corrected chi connectivity index (χ4v) is 1.58. The normalized spacial score (nSPS) is 14.1. The minimum atomic E-state index is -1.05. The first-order valence-corrected chi connectivity index (χ1v) is 6.25. The lowest BCUT2D eigenvalue weighted by Crippen LogP contribution is -2.48. The highest BCUT2D eigenvalue weighted by Crippen LogP contribution is 2.02. The number of amides is 1. The first-order valence-electron chi connectivity index (χ1n) is 5.62. The van der Waals surface area contributed by atoms with Gasteiger partial charge in [-0.25, -0.2) is 4.79 Å². The van der Waals surface area contributed by atoms with Crippen molar-refractivity contribution >= 4 is 24.5 Å². The summed E-state index contributed by atoms with van der Waals surface area (Å²) in [5.74, 6) is -1.01. The number of carboxylic acids is 1. The first-order chi connectivity index (χ1) is 8.02. The van der Waals surface area contributed by atoms with E-state index in [1.165, 1.54) is 0 Å². The Bertz CT molecular complexity index is 251. The summed E-state index contributed by atoms with van der Waals surface area (Å²) in [4.78, 5) is 22.4. The van der Waals surface area contributed by atoms with Crippen LogP contribution in [0.4, 0.5) is 0 Å². The average Bonchev–Trinajstić information content (AvgIpc) is 2.27. The Morgan fingerprint density at radius 3 is 2.41 bits per heavy atom. The van der Waals surface area contributed by atoms with Gasteiger partial charge in [-0.1, -0.05) is 0 Å². The molecule has 0 aliphatic carbocycles. The summed E-state index contributed by atoms with van der Waals surface area (Å²) in [5.41, 5.74) is 10.9. The van der Waals surface area contributed by atoms with Gasteiger partial charge >= 0.3 is 5.97 Å². The Hall–Kier alpha value is -0.790. The largest absolute Gasteiger partial charge is 0.480 e. The van der Waals surface area contributed by atoms with E-state index in [0.717, 1.165) is 6.42 Å². The third-order valence-electron chi connectivity index (χ3n) is 2.34. The van der Waals surface area contributed by atoms with Crippen molar-refractivity contribution < 1.29 is 14.7 Å². The molecule has 0 aliphatic rings. The van der Waals surface area contributed by atoms with Crippen molar-refractivity contribution in [3.8, 4) is 0 Å². The highest BCUT2D eigenvalue weighted by molar-refractivity contribution is 7.80. The van der Waals surface area contributed by atoms with E-state index in [2.05, 4.69) is 17.9 Å². The molecular formula is C10H21N3O3S. The van der Waals surface area contributed by atoms with Gasteiger partial charge in [-0.15, -0.1) is 0 Å². The molecule has 1 amide bonds. The van der Waals surface area contributed by atoms with Crippen LogP contribution < -0.4 is 16.8 Å². The number of aliphatic carboxylic acids is 1. The molecule has 100 valence electrons. The molecule has 7 heteroatoms.